The molecule has 3 aromatic carbocycles. The highest BCUT2D eigenvalue weighted by Crippen LogP contribution is 2.32. The van der Waals surface area contributed by atoms with E-state index in [0.717, 1.165) is 23.3 Å². The molecule has 5 nitrogen and oxygen atoms in total. The first-order valence-corrected chi connectivity index (χ1v) is 11.3. The predicted octanol–water partition coefficient (Wildman–Crippen LogP) is 7.62. The van der Waals surface area contributed by atoms with Gasteiger partial charge in [0.05, 0.1) is 10.6 Å². The number of aromatic nitrogens is 1. The number of benzene rings is 3. The summed E-state index contributed by atoms with van der Waals surface area (Å²) in [4.78, 5) is 17.1. The lowest BCUT2D eigenvalue weighted by molar-refractivity contribution is -0.111. The van der Waals surface area contributed by atoms with Crippen LogP contribution in [0.2, 0.25) is 5.02 Å². The molecule has 6 heteroatoms. The number of aryl methyl sites for hydroxylation is 1. The van der Waals surface area contributed by atoms with Gasteiger partial charge in [-0.25, -0.2) is 4.98 Å². The van der Waals surface area contributed by atoms with Crippen LogP contribution in [0.1, 0.15) is 18.2 Å². The minimum atomic E-state index is -0.295. The summed E-state index contributed by atoms with van der Waals surface area (Å²) < 4.78 is 11.7. The second-order valence-corrected chi connectivity index (χ2v) is 8.17. The van der Waals surface area contributed by atoms with Gasteiger partial charge >= 0.3 is 0 Å². The number of anilines is 1. The number of nitrogens with zero attached hydrogens (tertiary/aromatic N) is 1. The second kappa shape index (κ2) is 9.41. The van der Waals surface area contributed by atoms with Crippen molar-refractivity contribution in [2.75, 3.05) is 5.32 Å². The molecule has 0 bridgehead atoms. The number of hydrogen-bond donors (Lipinski definition) is 1. The van der Waals surface area contributed by atoms with E-state index in [2.05, 4.69) is 17.2 Å². The molecule has 1 amide bonds. The van der Waals surface area contributed by atoms with Crippen molar-refractivity contribution in [2.45, 2.75) is 13.3 Å². The molecule has 0 atom stereocenters. The molecule has 34 heavy (non-hydrogen) atoms. The number of carbonyl (C=O) groups excluding carboxylic acids is 1. The van der Waals surface area contributed by atoms with Crippen LogP contribution in [0, 0.1) is 0 Å². The Morgan fingerprint density at radius 3 is 2.68 bits per heavy atom. The first-order valence-electron chi connectivity index (χ1n) is 10.9. The summed E-state index contributed by atoms with van der Waals surface area (Å²) in [5.74, 6) is 1.44. The topological polar surface area (TPSA) is 68.3 Å². The van der Waals surface area contributed by atoms with Crippen LogP contribution >= 0.6 is 11.6 Å². The lowest BCUT2D eigenvalue weighted by Gasteiger charge is -2.05. The molecule has 2 heterocycles. The summed E-state index contributed by atoms with van der Waals surface area (Å²) in [6.07, 6.45) is 3.97. The third-order valence-electron chi connectivity index (χ3n) is 5.41. The quantitative estimate of drug-likeness (QED) is 0.260. The number of halogens is 1. The molecule has 2 aromatic heterocycles. The fourth-order valence-corrected chi connectivity index (χ4v) is 3.82. The number of oxazole rings is 1. The summed E-state index contributed by atoms with van der Waals surface area (Å²) in [6.45, 7) is 2.09. The van der Waals surface area contributed by atoms with Crippen molar-refractivity contribution in [1.29, 1.82) is 0 Å². The Kier molecular flexibility index (Phi) is 6.02. The number of rotatable bonds is 6. The number of hydrogen-bond acceptors (Lipinski definition) is 4. The van der Waals surface area contributed by atoms with Gasteiger partial charge in [-0.2, -0.15) is 0 Å². The van der Waals surface area contributed by atoms with E-state index < -0.39 is 0 Å². The lowest BCUT2D eigenvalue weighted by atomic mass is 10.1. The average molecular weight is 469 g/mol. The smallest absolute Gasteiger partial charge is 0.248 e. The maximum atomic E-state index is 12.5. The van der Waals surface area contributed by atoms with Gasteiger partial charge in [-0.1, -0.05) is 54.9 Å². The molecular formula is C28H21ClN2O3. The minimum absolute atomic E-state index is 0.295. The van der Waals surface area contributed by atoms with Crippen molar-refractivity contribution in [3.8, 4) is 22.8 Å². The minimum Gasteiger partial charge on any atom is -0.457 e. The van der Waals surface area contributed by atoms with Gasteiger partial charge < -0.3 is 14.2 Å². The summed E-state index contributed by atoms with van der Waals surface area (Å²) in [7, 11) is 0. The maximum absolute atomic E-state index is 12.5. The van der Waals surface area contributed by atoms with Crippen LogP contribution in [-0.2, 0) is 11.2 Å². The molecule has 0 unspecified atom stereocenters. The summed E-state index contributed by atoms with van der Waals surface area (Å²) in [6, 6.07) is 24.6. The highest BCUT2D eigenvalue weighted by molar-refractivity contribution is 6.33. The van der Waals surface area contributed by atoms with Crippen LogP contribution in [0.25, 0.3) is 40.0 Å². The molecule has 0 spiro atoms. The Bertz CT molecular complexity index is 1500. The van der Waals surface area contributed by atoms with Gasteiger partial charge in [0, 0.05) is 17.3 Å². The second-order valence-electron chi connectivity index (χ2n) is 7.76. The summed E-state index contributed by atoms with van der Waals surface area (Å²) in [5, 5.41) is 3.33. The zero-order chi connectivity index (χ0) is 23.5. The Balaban J connectivity index is 1.32. The molecule has 0 radical (unpaired) electrons. The average Bonchev–Trinajstić information content (AvgIpc) is 3.51. The molecule has 0 saturated carbocycles. The zero-order valence-electron chi connectivity index (χ0n) is 18.4. The largest absolute Gasteiger partial charge is 0.457 e. The van der Waals surface area contributed by atoms with Gasteiger partial charge in [-0.15, -0.1) is 0 Å². The van der Waals surface area contributed by atoms with E-state index in [1.54, 1.807) is 24.3 Å². The molecule has 5 aromatic rings. The number of fused-ring (bicyclic) bond motifs is 1. The van der Waals surface area contributed by atoms with E-state index in [9.17, 15) is 4.79 Å². The Labute approximate surface area is 201 Å². The van der Waals surface area contributed by atoms with Crippen molar-refractivity contribution in [1.82, 2.24) is 4.98 Å². The molecule has 0 aliphatic carbocycles. The molecule has 0 saturated heterocycles. The van der Waals surface area contributed by atoms with Crippen molar-refractivity contribution in [3.63, 3.8) is 0 Å². The highest BCUT2D eigenvalue weighted by Gasteiger charge is 2.13. The normalized spacial score (nSPS) is 11.4. The number of amides is 1. The molecule has 5 rings (SSSR count). The van der Waals surface area contributed by atoms with Crippen LogP contribution in [0.4, 0.5) is 5.69 Å². The molecular weight excluding hydrogens is 448 g/mol. The van der Waals surface area contributed by atoms with E-state index in [-0.39, 0.29) is 5.91 Å². The van der Waals surface area contributed by atoms with Crippen LogP contribution in [-0.4, -0.2) is 10.9 Å². The van der Waals surface area contributed by atoms with Crippen LogP contribution in [0.5, 0.6) is 0 Å². The summed E-state index contributed by atoms with van der Waals surface area (Å²) >= 11 is 6.41. The van der Waals surface area contributed by atoms with E-state index >= 15 is 0 Å². The first kappa shape index (κ1) is 21.7. The maximum Gasteiger partial charge on any atom is 0.248 e. The fourth-order valence-electron chi connectivity index (χ4n) is 3.62. The van der Waals surface area contributed by atoms with Crippen molar-refractivity contribution in [3.05, 3.63) is 101 Å². The van der Waals surface area contributed by atoms with E-state index in [0.29, 0.717) is 33.5 Å². The third-order valence-corrected chi connectivity index (χ3v) is 5.74. The summed E-state index contributed by atoms with van der Waals surface area (Å²) in [5.41, 5.74) is 4.81. The van der Waals surface area contributed by atoms with E-state index in [1.807, 2.05) is 60.7 Å². The Morgan fingerprint density at radius 2 is 1.85 bits per heavy atom. The monoisotopic (exact) mass is 468 g/mol. The predicted molar refractivity (Wildman–Crippen MR) is 136 cm³/mol. The number of nitrogens with one attached hydrogen (secondary N) is 1. The van der Waals surface area contributed by atoms with Gasteiger partial charge in [0.15, 0.2) is 5.58 Å². The SMILES string of the molecule is CCc1ccc2oc(-c3cc(NC(=O)C=Cc4ccc(-c5ccccc5)o4)ccc3Cl)nc2c1. The molecule has 0 aliphatic rings. The lowest BCUT2D eigenvalue weighted by Crippen LogP contribution is -2.07. The Hall–Kier alpha value is -4.09. The van der Waals surface area contributed by atoms with E-state index in [1.165, 1.54) is 11.6 Å². The number of furan rings is 1. The van der Waals surface area contributed by atoms with Gasteiger partial charge in [-0.05, 0) is 60.5 Å². The molecule has 0 aliphatic heterocycles. The Morgan fingerprint density at radius 1 is 1.00 bits per heavy atom. The van der Waals surface area contributed by atoms with Crippen molar-refractivity contribution < 1.29 is 13.6 Å². The van der Waals surface area contributed by atoms with Crippen LogP contribution < -0.4 is 5.32 Å². The first-order chi connectivity index (χ1) is 16.6. The molecule has 0 fully saturated rings. The fraction of sp³-hybridized carbons (Fsp3) is 0.0714. The van der Waals surface area contributed by atoms with Gasteiger partial charge in [-0.3, -0.25) is 4.79 Å². The molecule has 1 N–H and O–H groups in total. The van der Waals surface area contributed by atoms with Crippen LogP contribution in [0.15, 0.2) is 93.8 Å². The third kappa shape index (κ3) is 4.65. The highest BCUT2D eigenvalue weighted by atomic mass is 35.5. The van der Waals surface area contributed by atoms with Crippen molar-refractivity contribution in [2.24, 2.45) is 0 Å². The van der Waals surface area contributed by atoms with Crippen LogP contribution in [0.3, 0.4) is 0 Å². The van der Waals surface area contributed by atoms with Crippen molar-refractivity contribution >= 4 is 40.4 Å². The van der Waals surface area contributed by atoms with Gasteiger partial charge in [0.1, 0.15) is 17.0 Å². The van der Waals surface area contributed by atoms with Gasteiger partial charge in [0.25, 0.3) is 0 Å². The number of carbonyl (C=O) groups is 1. The van der Waals surface area contributed by atoms with E-state index in [4.69, 9.17) is 20.4 Å². The molecule has 168 valence electrons. The zero-order valence-corrected chi connectivity index (χ0v) is 19.2. The van der Waals surface area contributed by atoms with Gasteiger partial charge in [0.2, 0.25) is 11.8 Å². The standard InChI is InChI=1S/C28H21ClN2O3/c1-2-18-8-13-26-24(16-18)31-28(34-26)22-17-20(9-12-23(22)29)30-27(32)15-11-21-10-14-25(33-21)19-6-4-3-5-7-19/h3-17H,2H2,1H3,(H,30,32).